The van der Waals surface area contributed by atoms with Crippen molar-refractivity contribution in [2.45, 2.75) is 6.92 Å². The molecule has 2 aromatic heterocycles. The molecule has 4 rings (SSSR count). The molecule has 0 spiro atoms. The van der Waals surface area contributed by atoms with Crippen LogP contribution in [0.3, 0.4) is 0 Å². The summed E-state index contributed by atoms with van der Waals surface area (Å²) in [4.78, 5) is 15.7. The number of nitrogens with zero attached hydrogens (tertiary/aromatic N) is 2. The smallest absolute Gasteiger partial charge is 0.357 e. The minimum atomic E-state index is -1.08. The number of fused-ring (bicyclic) bond motifs is 2. The lowest BCUT2D eigenvalue weighted by Crippen LogP contribution is -1.97. The molecule has 0 fully saturated rings. The molecule has 0 aliphatic rings. The molecule has 0 bridgehead atoms. The minimum Gasteiger partial charge on any atom is -0.476 e. The molecular weight excluding hydrogens is 306 g/mol. The van der Waals surface area contributed by atoms with Gasteiger partial charge in [-0.25, -0.2) is 4.79 Å². The third kappa shape index (κ3) is 2.34. The summed E-state index contributed by atoms with van der Waals surface area (Å²) in [6.45, 7) is 1.90. The lowest BCUT2D eigenvalue weighted by molar-refractivity contribution is 0.0692. The van der Waals surface area contributed by atoms with Crippen molar-refractivity contribution in [1.29, 1.82) is 0 Å². The number of hydrogen-bond acceptors (Lipinski definition) is 4. The first-order chi connectivity index (χ1) is 11.6. The summed E-state index contributed by atoms with van der Waals surface area (Å²) < 4.78 is 6.01. The summed E-state index contributed by atoms with van der Waals surface area (Å²) in [6.07, 6.45) is 0. The van der Waals surface area contributed by atoms with E-state index in [1.165, 1.54) is 0 Å². The maximum atomic E-state index is 11.2. The molecule has 0 radical (unpaired) electrons. The van der Waals surface area contributed by atoms with Crippen LogP contribution in [0, 0.1) is 6.92 Å². The summed E-state index contributed by atoms with van der Waals surface area (Å²) in [5.74, 6) is 0.142. The second-order valence-corrected chi connectivity index (χ2v) is 5.47. The predicted molar refractivity (Wildman–Crippen MR) is 89.6 cm³/mol. The van der Waals surface area contributed by atoms with Crippen LogP contribution in [0.1, 0.15) is 16.2 Å². The van der Waals surface area contributed by atoms with Gasteiger partial charge in [0.1, 0.15) is 11.5 Å². The largest absolute Gasteiger partial charge is 0.476 e. The Labute approximate surface area is 136 Å². The lowest BCUT2D eigenvalue weighted by Gasteiger charge is -2.10. The number of pyridine rings is 1. The SMILES string of the molecule is Cc1cc(Oc2ccc3[nH]nc(C(=O)O)c3c2)c2ccccc2n1. The van der Waals surface area contributed by atoms with Gasteiger partial charge in [0.25, 0.3) is 0 Å². The highest BCUT2D eigenvalue weighted by molar-refractivity contribution is 6.01. The molecule has 2 heterocycles. The van der Waals surface area contributed by atoms with Crippen molar-refractivity contribution in [1.82, 2.24) is 15.2 Å². The molecule has 0 saturated heterocycles. The van der Waals surface area contributed by atoms with E-state index in [4.69, 9.17) is 4.74 Å². The van der Waals surface area contributed by atoms with Crippen LogP contribution in [0.2, 0.25) is 0 Å². The molecule has 118 valence electrons. The van der Waals surface area contributed by atoms with Crippen molar-refractivity contribution in [2.75, 3.05) is 0 Å². The van der Waals surface area contributed by atoms with Gasteiger partial charge in [-0.15, -0.1) is 0 Å². The molecule has 24 heavy (non-hydrogen) atoms. The Morgan fingerprint density at radius 3 is 2.79 bits per heavy atom. The molecule has 6 heteroatoms. The van der Waals surface area contributed by atoms with E-state index in [9.17, 15) is 9.90 Å². The quantitative estimate of drug-likeness (QED) is 0.597. The Balaban J connectivity index is 1.82. The van der Waals surface area contributed by atoms with Gasteiger partial charge in [-0.2, -0.15) is 5.10 Å². The number of carboxylic acids is 1. The first kappa shape index (κ1) is 14.2. The Hall–Kier alpha value is -3.41. The fraction of sp³-hybridized carbons (Fsp3) is 0.0556. The van der Waals surface area contributed by atoms with E-state index in [2.05, 4.69) is 15.2 Å². The zero-order chi connectivity index (χ0) is 16.7. The van der Waals surface area contributed by atoms with Gasteiger partial charge in [0.15, 0.2) is 5.69 Å². The average molecular weight is 319 g/mol. The van der Waals surface area contributed by atoms with Crippen LogP contribution < -0.4 is 4.74 Å². The van der Waals surface area contributed by atoms with Gasteiger partial charge in [-0.05, 0) is 37.3 Å². The summed E-state index contributed by atoms with van der Waals surface area (Å²) in [6, 6.07) is 14.8. The maximum absolute atomic E-state index is 11.2. The van der Waals surface area contributed by atoms with Crippen molar-refractivity contribution in [3.8, 4) is 11.5 Å². The van der Waals surface area contributed by atoms with Crippen LogP contribution in [-0.4, -0.2) is 26.3 Å². The molecule has 0 amide bonds. The zero-order valence-corrected chi connectivity index (χ0v) is 12.8. The second kappa shape index (κ2) is 5.34. The monoisotopic (exact) mass is 319 g/mol. The number of carboxylic acid groups (broad SMARTS) is 1. The van der Waals surface area contributed by atoms with E-state index in [1.807, 2.05) is 37.3 Å². The Morgan fingerprint density at radius 1 is 1.12 bits per heavy atom. The Kier molecular flexibility index (Phi) is 3.16. The van der Waals surface area contributed by atoms with Gasteiger partial charge < -0.3 is 9.84 Å². The summed E-state index contributed by atoms with van der Waals surface area (Å²) in [5, 5.41) is 17.1. The van der Waals surface area contributed by atoms with Crippen LogP contribution in [-0.2, 0) is 0 Å². The van der Waals surface area contributed by atoms with Gasteiger partial charge in [0.05, 0.1) is 11.0 Å². The van der Waals surface area contributed by atoms with Gasteiger partial charge in [0.2, 0.25) is 0 Å². The van der Waals surface area contributed by atoms with Crippen molar-refractivity contribution in [3.05, 3.63) is 59.9 Å². The van der Waals surface area contributed by atoms with Crippen molar-refractivity contribution in [2.24, 2.45) is 0 Å². The molecule has 0 aliphatic heterocycles. The number of aromatic amines is 1. The molecule has 0 saturated carbocycles. The van der Waals surface area contributed by atoms with Crippen molar-refractivity contribution >= 4 is 27.8 Å². The van der Waals surface area contributed by atoms with Crippen LogP contribution >= 0.6 is 0 Å². The number of aromatic nitrogens is 3. The molecule has 2 aromatic carbocycles. The molecular formula is C18H13N3O3. The number of nitrogens with one attached hydrogen (secondary N) is 1. The highest BCUT2D eigenvalue weighted by Crippen LogP contribution is 2.31. The van der Waals surface area contributed by atoms with Crippen molar-refractivity contribution < 1.29 is 14.6 Å². The van der Waals surface area contributed by atoms with Gasteiger partial charge in [-0.3, -0.25) is 10.1 Å². The number of aryl methyl sites for hydroxylation is 1. The van der Waals surface area contributed by atoms with E-state index in [-0.39, 0.29) is 5.69 Å². The van der Waals surface area contributed by atoms with Gasteiger partial charge in [0, 0.05) is 22.5 Å². The second-order valence-electron chi connectivity index (χ2n) is 5.47. The topological polar surface area (TPSA) is 88.1 Å². The fourth-order valence-electron chi connectivity index (χ4n) is 2.70. The standard InChI is InChI=1S/C18H13N3O3/c1-10-8-16(12-4-2-3-5-14(12)19-10)24-11-6-7-15-13(9-11)17(18(22)23)21-20-15/h2-9H,1H3,(H,20,21)(H,22,23). The highest BCUT2D eigenvalue weighted by Gasteiger charge is 2.14. The minimum absolute atomic E-state index is 0.0220. The number of hydrogen-bond donors (Lipinski definition) is 2. The number of ether oxygens (including phenoxy) is 1. The Morgan fingerprint density at radius 2 is 1.96 bits per heavy atom. The number of H-pyrrole nitrogens is 1. The number of aromatic carboxylic acids is 1. The molecule has 6 nitrogen and oxygen atoms in total. The van der Waals surface area contributed by atoms with Crippen molar-refractivity contribution in [3.63, 3.8) is 0 Å². The predicted octanol–water partition coefficient (Wildman–Crippen LogP) is 3.91. The van der Waals surface area contributed by atoms with Crippen LogP contribution in [0.15, 0.2) is 48.5 Å². The molecule has 4 aromatic rings. The number of benzene rings is 2. The first-order valence-corrected chi connectivity index (χ1v) is 7.37. The third-order valence-corrected chi connectivity index (χ3v) is 3.77. The molecule has 2 N–H and O–H groups in total. The summed E-state index contributed by atoms with van der Waals surface area (Å²) in [7, 11) is 0. The fourth-order valence-corrected chi connectivity index (χ4v) is 2.70. The first-order valence-electron chi connectivity index (χ1n) is 7.37. The third-order valence-electron chi connectivity index (χ3n) is 3.77. The van der Waals surface area contributed by atoms with Crippen LogP contribution in [0.25, 0.3) is 21.8 Å². The summed E-state index contributed by atoms with van der Waals surface area (Å²) in [5.41, 5.74) is 2.32. The van der Waals surface area contributed by atoms with E-state index >= 15 is 0 Å². The van der Waals surface area contributed by atoms with E-state index in [0.717, 1.165) is 16.6 Å². The molecule has 0 unspecified atom stereocenters. The van der Waals surface area contributed by atoms with Crippen LogP contribution in [0.5, 0.6) is 11.5 Å². The van der Waals surface area contributed by atoms with Gasteiger partial charge in [-0.1, -0.05) is 12.1 Å². The van der Waals surface area contributed by atoms with Gasteiger partial charge >= 0.3 is 5.97 Å². The number of carbonyl (C=O) groups is 1. The molecule has 0 atom stereocenters. The average Bonchev–Trinajstić information content (AvgIpc) is 2.98. The van der Waals surface area contributed by atoms with E-state index in [0.29, 0.717) is 22.4 Å². The normalized spacial score (nSPS) is 11.0. The molecule has 0 aliphatic carbocycles. The van der Waals surface area contributed by atoms with Crippen LogP contribution in [0.4, 0.5) is 0 Å². The maximum Gasteiger partial charge on any atom is 0.357 e. The van der Waals surface area contributed by atoms with E-state index < -0.39 is 5.97 Å². The highest BCUT2D eigenvalue weighted by atomic mass is 16.5. The summed E-state index contributed by atoms with van der Waals surface area (Å²) >= 11 is 0. The lowest BCUT2D eigenvalue weighted by atomic mass is 10.1. The Bertz CT molecular complexity index is 1090. The van der Waals surface area contributed by atoms with E-state index in [1.54, 1.807) is 18.2 Å². The number of rotatable bonds is 3. The zero-order valence-electron chi connectivity index (χ0n) is 12.8. The number of para-hydroxylation sites is 1.